The average molecular weight is 310 g/mol. The number of pyridine rings is 1. The summed E-state index contributed by atoms with van der Waals surface area (Å²) in [4.78, 5) is 29.1. The number of benzene rings is 1. The Balaban J connectivity index is 1.70. The molecular formula is C18H18N2O3. The molecule has 3 atom stereocenters. The van der Waals surface area contributed by atoms with E-state index in [1.807, 2.05) is 24.3 Å². The second-order valence-electron chi connectivity index (χ2n) is 6.69. The van der Waals surface area contributed by atoms with E-state index in [0.29, 0.717) is 23.5 Å². The van der Waals surface area contributed by atoms with Gasteiger partial charge in [0.1, 0.15) is 5.41 Å². The Morgan fingerprint density at radius 2 is 2.04 bits per heavy atom. The molecule has 0 spiro atoms. The van der Waals surface area contributed by atoms with E-state index in [2.05, 4.69) is 10.3 Å². The Morgan fingerprint density at radius 1 is 1.22 bits per heavy atom. The summed E-state index contributed by atoms with van der Waals surface area (Å²) in [7, 11) is 0. The Hall–Kier alpha value is -2.43. The first kappa shape index (κ1) is 14.2. The monoisotopic (exact) mass is 310 g/mol. The number of hydrogen-bond donors (Lipinski definition) is 2. The van der Waals surface area contributed by atoms with Gasteiger partial charge in [0, 0.05) is 11.6 Å². The van der Waals surface area contributed by atoms with E-state index in [1.54, 1.807) is 12.3 Å². The molecule has 2 aliphatic rings. The molecule has 1 amide bonds. The van der Waals surface area contributed by atoms with Crippen LogP contribution in [0.15, 0.2) is 36.5 Å². The minimum Gasteiger partial charge on any atom is -0.480 e. The van der Waals surface area contributed by atoms with Crippen LogP contribution < -0.4 is 5.32 Å². The van der Waals surface area contributed by atoms with E-state index in [0.717, 1.165) is 24.6 Å². The van der Waals surface area contributed by atoms with Crippen molar-refractivity contribution in [2.45, 2.75) is 25.7 Å². The van der Waals surface area contributed by atoms with Crippen LogP contribution in [0.2, 0.25) is 0 Å². The highest BCUT2D eigenvalue weighted by Gasteiger charge is 2.60. The Labute approximate surface area is 133 Å². The van der Waals surface area contributed by atoms with Crippen molar-refractivity contribution >= 4 is 28.5 Å². The van der Waals surface area contributed by atoms with Crippen LogP contribution in [0.3, 0.4) is 0 Å². The van der Waals surface area contributed by atoms with Crippen molar-refractivity contribution in [3.05, 3.63) is 36.5 Å². The maximum atomic E-state index is 12.9. The summed E-state index contributed by atoms with van der Waals surface area (Å²) in [5.41, 5.74) is -0.0107. The lowest BCUT2D eigenvalue weighted by Gasteiger charge is -2.32. The molecule has 2 aliphatic carbocycles. The molecule has 4 rings (SSSR count). The van der Waals surface area contributed by atoms with Crippen LogP contribution in [0, 0.1) is 17.3 Å². The number of carbonyl (C=O) groups is 2. The normalized spacial score (nSPS) is 28.9. The van der Waals surface area contributed by atoms with Crippen LogP contribution in [0.4, 0.5) is 5.69 Å². The first-order valence-electron chi connectivity index (χ1n) is 8.00. The Bertz CT molecular complexity index is 798. The van der Waals surface area contributed by atoms with Crippen molar-refractivity contribution in [1.82, 2.24) is 4.98 Å². The number of nitrogens with one attached hydrogen (secondary N) is 1. The van der Waals surface area contributed by atoms with E-state index in [1.165, 1.54) is 0 Å². The second kappa shape index (κ2) is 5.05. The minimum absolute atomic E-state index is 0.0482. The summed E-state index contributed by atoms with van der Waals surface area (Å²) in [5.74, 6) is -1.06. The maximum absolute atomic E-state index is 12.9. The molecule has 2 N–H and O–H groups in total. The molecule has 1 heterocycles. The second-order valence-corrected chi connectivity index (χ2v) is 6.69. The number of rotatable bonds is 3. The van der Waals surface area contributed by atoms with Gasteiger partial charge in [-0.05, 0) is 43.2 Å². The van der Waals surface area contributed by atoms with Crippen molar-refractivity contribution < 1.29 is 14.7 Å². The molecule has 0 radical (unpaired) electrons. The van der Waals surface area contributed by atoms with E-state index >= 15 is 0 Å². The van der Waals surface area contributed by atoms with Gasteiger partial charge in [0.25, 0.3) is 0 Å². The number of fused-ring (bicyclic) bond motifs is 3. The van der Waals surface area contributed by atoms with Crippen LogP contribution in [0.5, 0.6) is 0 Å². The maximum Gasteiger partial charge on any atom is 0.319 e. The van der Waals surface area contributed by atoms with Crippen molar-refractivity contribution in [2.24, 2.45) is 17.3 Å². The average Bonchev–Trinajstić information content (AvgIpc) is 3.16. The highest BCUT2D eigenvalue weighted by atomic mass is 16.4. The first-order chi connectivity index (χ1) is 11.1. The third-order valence-corrected chi connectivity index (χ3v) is 5.52. The summed E-state index contributed by atoms with van der Waals surface area (Å²) in [6, 6.07) is 9.29. The summed E-state index contributed by atoms with van der Waals surface area (Å²) < 4.78 is 0. The van der Waals surface area contributed by atoms with Crippen LogP contribution in [-0.2, 0) is 9.59 Å². The fourth-order valence-corrected chi connectivity index (χ4v) is 4.41. The topological polar surface area (TPSA) is 79.3 Å². The number of carbonyl (C=O) groups excluding carboxylic acids is 1. The third-order valence-electron chi connectivity index (χ3n) is 5.52. The first-order valence-corrected chi connectivity index (χ1v) is 8.00. The van der Waals surface area contributed by atoms with Gasteiger partial charge in [-0.25, -0.2) is 0 Å². The SMILES string of the molecule is O=C(O)C1(C(=O)Nc2cccc3cccnc23)CC2CCC1C2. The summed E-state index contributed by atoms with van der Waals surface area (Å²) in [6.45, 7) is 0. The molecule has 1 aromatic carbocycles. The molecule has 2 bridgehead atoms. The molecule has 0 aliphatic heterocycles. The Kier molecular flexibility index (Phi) is 3.11. The lowest BCUT2D eigenvalue weighted by molar-refractivity contribution is -0.157. The molecule has 2 aromatic rings. The van der Waals surface area contributed by atoms with Crippen LogP contribution >= 0.6 is 0 Å². The van der Waals surface area contributed by atoms with Crippen molar-refractivity contribution in [1.29, 1.82) is 0 Å². The summed E-state index contributed by atoms with van der Waals surface area (Å²) in [6.07, 6.45) is 4.86. The molecule has 2 saturated carbocycles. The molecule has 5 nitrogen and oxygen atoms in total. The van der Waals surface area contributed by atoms with E-state index < -0.39 is 17.3 Å². The Morgan fingerprint density at radius 3 is 2.74 bits per heavy atom. The number of carboxylic acid groups (broad SMARTS) is 1. The number of aliphatic carboxylic acids is 1. The van der Waals surface area contributed by atoms with E-state index in [9.17, 15) is 14.7 Å². The zero-order valence-electron chi connectivity index (χ0n) is 12.7. The number of aromatic nitrogens is 1. The predicted molar refractivity (Wildman–Crippen MR) is 85.9 cm³/mol. The molecule has 0 saturated heterocycles. The lowest BCUT2D eigenvalue weighted by atomic mass is 9.72. The zero-order chi connectivity index (χ0) is 16.0. The number of amides is 1. The fraction of sp³-hybridized carbons (Fsp3) is 0.389. The highest BCUT2D eigenvalue weighted by molar-refractivity contribution is 6.11. The van der Waals surface area contributed by atoms with E-state index in [4.69, 9.17) is 0 Å². The number of para-hydroxylation sites is 1. The van der Waals surface area contributed by atoms with Gasteiger partial charge in [0.05, 0.1) is 11.2 Å². The van der Waals surface area contributed by atoms with Crippen molar-refractivity contribution in [3.63, 3.8) is 0 Å². The lowest BCUT2D eigenvalue weighted by Crippen LogP contribution is -2.47. The number of nitrogens with zero attached hydrogens (tertiary/aromatic N) is 1. The van der Waals surface area contributed by atoms with Crippen LogP contribution in [0.25, 0.3) is 10.9 Å². The predicted octanol–water partition coefficient (Wildman–Crippen LogP) is 3.06. The molecule has 5 heteroatoms. The molecule has 1 aromatic heterocycles. The van der Waals surface area contributed by atoms with Gasteiger partial charge in [0.2, 0.25) is 5.91 Å². The smallest absolute Gasteiger partial charge is 0.319 e. The van der Waals surface area contributed by atoms with Gasteiger partial charge in [0.15, 0.2) is 0 Å². The summed E-state index contributed by atoms with van der Waals surface area (Å²) >= 11 is 0. The zero-order valence-corrected chi connectivity index (χ0v) is 12.7. The number of hydrogen-bond acceptors (Lipinski definition) is 3. The molecule has 3 unspecified atom stereocenters. The van der Waals surface area contributed by atoms with Gasteiger partial charge in [-0.3, -0.25) is 14.6 Å². The standard InChI is InChI=1S/C18H18N2O3/c21-16(18(17(22)23)10-11-6-7-13(18)9-11)20-14-5-1-3-12-4-2-8-19-15(12)14/h1-5,8,11,13H,6-7,9-10H2,(H,20,21)(H,22,23). The van der Waals surface area contributed by atoms with Gasteiger partial charge in [-0.1, -0.05) is 24.6 Å². The van der Waals surface area contributed by atoms with Gasteiger partial charge >= 0.3 is 5.97 Å². The molecule has 2 fully saturated rings. The van der Waals surface area contributed by atoms with Crippen molar-refractivity contribution in [2.75, 3.05) is 5.32 Å². The number of anilines is 1. The largest absolute Gasteiger partial charge is 0.480 e. The van der Waals surface area contributed by atoms with Crippen LogP contribution in [0.1, 0.15) is 25.7 Å². The summed E-state index contributed by atoms with van der Waals surface area (Å²) in [5, 5.41) is 13.5. The third kappa shape index (κ3) is 2.03. The number of carboxylic acids is 1. The van der Waals surface area contributed by atoms with Gasteiger partial charge < -0.3 is 10.4 Å². The molecule has 23 heavy (non-hydrogen) atoms. The van der Waals surface area contributed by atoms with Crippen LogP contribution in [-0.4, -0.2) is 22.0 Å². The fourth-order valence-electron chi connectivity index (χ4n) is 4.41. The minimum atomic E-state index is -1.28. The van der Waals surface area contributed by atoms with Crippen molar-refractivity contribution in [3.8, 4) is 0 Å². The van der Waals surface area contributed by atoms with Gasteiger partial charge in [-0.2, -0.15) is 0 Å². The molecule has 118 valence electrons. The molecular weight excluding hydrogens is 292 g/mol. The van der Waals surface area contributed by atoms with Gasteiger partial charge in [-0.15, -0.1) is 0 Å². The quantitative estimate of drug-likeness (QED) is 0.854. The highest BCUT2D eigenvalue weighted by Crippen LogP contribution is 2.56. The van der Waals surface area contributed by atoms with E-state index in [-0.39, 0.29) is 5.92 Å².